The highest BCUT2D eigenvalue weighted by atomic mass is 32.2. The number of nitrogens with one attached hydrogen (secondary N) is 1. The third kappa shape index (κ3) is 6.48. The molecule has 0 aliphatic carbocycles. The molecule has 0 unspecified atom stereocenters. The largest absolute Gasteiger partial charge is 0.369 e. The molecule has 0 atom stereocenters. The summed E-state index contributed by atoms with van der Waals surface area (Å²) in [5.41, 5.74) is 3.96. The van der Waals surface area contributed by atoms with Crippen molar-refractivity contribution in [3.05, 3.63) is 90.0 Å². The number of nitrogens with zero attached hydrogens (tertiary/aromatic N) is 3. The Labute approximate surface area is 208 Å². The van der Waals surface area contributed by atoms with E-state index in [4.69, 9.17) is 0 Å². The molecule has 3 aromatic carbocycles. The fourth-order valence-electron chi connectivity index (χ4n) is 4.21. The SMILES string of the molecule is Cc1cccc(N2CCN(CC(=O)Nc3ccc(S(=O)(=O)N(C)Cc4ccccc4)cc3)CC2)c1. The van der Waals surface area contributed by atoms with Crippen LogP contribution in [0.5, 0.6) is 0 Å². The molecule has 1 saturated heterocycles. The molecule has 7 nitrogen and oxygen atoms in total. The van der Waals surface area contributed by atoms with Gasteiger partial charge in [-0.15, -0.1) is 0 Å². The average Bonchev–Trinajstić information content (AvgIpc) is 2.85. The summed E-state index contributed by atoms with van der Waals surface area (Å²) in [6.45, 7) is 6.06. The van der Waals surface area contributed by atoms with Crippen molar-refractivity contribution in [2.45, 2.75) is 18.4 Å². The van der Waals surface area contributed by atoms with Crippen molar-refractivity contribution in [1.29, 1.82) is 0 Å². The number of piperazine rings is 1. The minimum Gasteiger partial charge on any atom is -0.369 e. The number of benzene rings is 3. The molecule has 0 saturated carbocycles. The first-order chi connectivity index (χ1) is 16.8. The number of sulfonamides is 1. The molecule has 1 aliphatic heterocycles. The Bertz CT molecular complexity index is 1240. The number of carbonyl (C=O) groups is 1. The topological polar surface area (TPSA) is 73.0 Å². The van der Waals surface area contributed by atoms with E-state index in [2.05, 4.69) is 46.3 Å². The molecule has 0 aromatic heterocycles. The van der Waals surface area contributed by atoms with Crippen LogP contribution >= 0.6 is 0 Å². The third-order valence-corrected chi connectivity index (χ3v) is 8.02. The molecule has 1 fully saturated rings. The van der Waals surface area contributed by atoms with Gasteiger partial charge < -0.3 is 10.2 Å². The van der Waals surface area contributed by atoms with E-state index in [0.717, 1.165) is 31.7 Å². The van der Waals surface area contributed by atoms with Gasteiger partial charge in [-0.25, -0.2) is 8.42 Å². The first-order valence-corrected chi connectivity index (χ1v) is 13.2. The van der Waals surface area contributed by atoms with E-state index in [1.807, 2.05) is 30.3 Å². The summed E-state index contributed by atoms with van der Waals surface area (Å²) in [5, 5.41) is 2.88. The predicted octanol–water partition coefficient (Wildman–Crippen LogP) is 3.58. The van der Waals surface area contributed by atoms with Crippen LogP contribution < -0.4 is 10.2 Å². The molecule has 3 aromatic rings. The Morgan fingerprint density at radius 3 is 2.26 bits per heavy atom. The van der Waals surface area contributed by atoms with Gasteiger partial charge >= 0.3 is 0 Å². The fraction of sp³-hybridized carbons (Fsp3) is 0.296. The number of rotatable bonds is 8. The van der Waals surface area contributed by atoms with Crippen LogP contribution in [0.15, 0.2) is 83.8 Å². The second kappa shape index (κ2) is 11.0. The van der Waals surface area contributed by atoms with Crippen LogP contribution in [0.2, 0.25) is 0 Å². The third-order valence-electron chi connectivity index (χ3n) is 6.20. The van der Waals surface area contributed by atoms with Crippen LogP contribution in [0.3, 0.4) is 0 Å². The summed E-state index contributed by atoms with van der Waals surface area (Å²) in [4.78, 5) is 17.3. The Kier molecular flexibility index (Phi) is 7.85. The second-order valence-electron chi connectivity index (χ2n) is 8.92. The Hall–Kier alpha value is -3.20. The molecule has 4 rings (SSSR count). The van der Waals surface area contributed by atoms with E-state index in [9.17, 15) is 13.2 Å². The molecule has 1 aliphatic rings. The maximum absolute atomic E-state index is 12.9. The quantitative estimate of drug-likeness (QED) is 0.521. The highest BCUT2D eigenvalue weighted by molar-refractivity contribution is 7.89. The molecule has 35 heavy (non-hydrogen) atoms. The van der Waals surface area contributed by atoms with Crippen LogP contribution in [0.4, 0.5) is 11.4 Å². The summed E-state index contributed by atoms with van der Waals surface area (Å²) in [6.07, 6.45) is 0. The standard InChI is InChI=1S/C27H32N4O3S/c1-22-7-6-10-25(19-22)31-17-15-30(16-18-31)21-27(32)28-24-11-13-26(14-12-24)35(33,34)29(2)20-23-8-4-3-5-9-23/h3-14,19H,15-18,20-21H2,1-2H3,(H,28,32). The first kappa shape index (κ1) is 24.9. The Balaban J connectivity index is 1.28. The lowest BCUT2D eigenvalue weighted by molar-refractivity contribution is -0.117. The first-order valence-electron chi connectivity index (χ1n) is 11.8. The Morgan fingerprint density at radius 1 is 0.914 bits per heavy atom. The summed E-state index contributed by atoms with van der Waals surface area (Å²) in [6, 6.07) is 24.3. The van der Waals surface area contributed by atoms with Crippen LogP contribution in [0.25, 0.3) is 0 Å². The monoisotopic (exact) mass is 492 g/mol. The molecular weight excluding hydrogens is 460 g/mol. The Morgan fingerprint density at radius 2 is 1.60 bits per heavy atom. The zero-order valence-corrected chi connectivity index (χ0v) is 21.0. The maximum Gasteiger partial charge on any atom is 0.243 e. The lowest BCUT2D eigenvalue weighted by Gasteiger charge is -2.35. The summed E-state index contributed by atoms with van der Waals surface area (Å²) < 4.78 is 27.1. The van der Waals surface area contributed by atoms with E-state index in [1.165, 1.54) is 27.7 Å². The van der Waals surface area contributed by atoms with E-state index in [0.29, 0.717) is 18.8 Å². The van der Waals surface area contributed by atoms with Gasteiger partial charge in [0.2, 0.25) is 15.9 Å². The van der Waals surface area contributed by atoms with Gasteiger partial charge in [-0.3, -0.25) is 9.69 Å². The number of anilines is 2. The van der Waals surface area contributed by atoms with Gasteiger partial charge in [-0.1, -0.05) is 42.5 Å². The van der Waals surface area contributed by atoms with Crippen molar-refractivity contribution in [3.63, 3.8) is 0 Å². The highest BCUT2D eigenvalue weighted by Crippen LogP contribution is 2.20. The lowest BCUT2D eigenvalue weighted by atomic mass is 10.2. The summed E-state index contributed by atoms with van der Waals surface area (Å²) in [7, 11) is -2.06. The van der Waals surface area contributed by atoms with Gasteiger partial charge in [0, 0.05) is 51.1 Å². The number of aryl methyl sites for hydroxylation is 1. The molecule has 1 heterocycles. The normalized spacial score (nSPS) is 14.8. The van der Waals surface area contributed by atoms with Crippen LogP contribution in [0, 0.1) is 6.92 Å². The van der Waals surface area contributed by atoms with Gasteiger partial charge in [0.15, 0.2) is 0 Å². The van der Waals surface area contributed by atoms with Gasteiger partial charge in [-0.05, 0) is 54.4 Å². The fourth-order valence-corrected chi connectivity index (χ4v) is 5.37. The molecule has 8 heteroatoms. The zero-order chi connectivity index (χ0) is 24.8. The smallest absolute Gasteiger partial charge is 0.243 e. The number of hydrogen-bond acceptors (Lipinski definition) is 5. The molecule has 1 N–H and O–H groups in total. The maximum atomic E-state index is 12.9. The summed E-state index contributed by atoms with van der Waals surface area (Å²) in [5.74, 6) is -0.106. The van der Waals surface area contributed by atoms with Crippen molar-refractivity contribution in [1.82, 2.24) is 9.21 Å². The second-order valence-corrected chi connectivity index (χ2v) is 11.0. The summed E-state index contributed by atoms with van der Waals surface area (Å²) >= 11 is 0. The van der Waals surface area contributed by atoms with E-state index >= 15 is 0 Å². The van der Waals surface area contributed by atoms with Gasteiger partial charge in [-0.2, -0.15) is 4.31 Å². The van der Waals surface area contributed by atoms with Crippen LogP contribution in [-0.4, -0.2) is 63.3 Å². The van der Waals surface area contributed by atoms with Gasteiger partial charge in [0.05, 0.1) is 11.4 Å². The van der Waals surface area contributed by atoms with Crippen molar-refractivity contribution in [2.24, 2.45) is 0 Å². The van der Waals surface area contributed by atoms with Gasteiger partial charge in [0.1, 0.15) is 0 Å². The molecular formula is C27H32N4O3S. The van der Waals surface area contributed by atoms with Crippen molar-refractivity contribution >= 4 is 27.3 Å². The average molecular weight is 493 g/mol. The van der Waals surface area contributed by atoms with Crippen molar-refractivity contribution in [2.75, 3.05) is 50.0 Å². The van der Waals surface area contributed by atoms with E-state index in [1.54, 1.807) is 19.2 Å². The van der Waals surface area contributed by atoms with E-state index < -0.39 is 10.0 Å². The number of amides is 1. The molecule has 184 valence electrons. The minimum atomic E-state index is -3.63. The van der Waals surface area contributed by atoms with Crippen LogP contribution in [0.1, 0.15) is 11.1 Å². The molecule has 0 bridgehead atoms. The number of hydrogen-bond donors (Lipinski definition) is 1. The highest BCUT2D eigenvalue weighted by Gasteiger charge is 2.22. The number of carbonyl (C=O) groups excluding carboxylic acids is 1. The molecule has 0 spiro atoms. The van der Waals surface area contributed by atoms with Crippen molar-refractivity contribution in [3.8, 4) is 0 Å². The molecule has 1 amide bonds. The van der Waals surface area contributed by atoms with E-state index in [-0.39, 0.29) is 10.8 Å². The zero-order valence-electron chi connectivity index (χ0n) is 20.2. The minimum absolute atomic E-state index is 0.106. The van der Waals surface area contributed by atoms with Gasteiger partial charge in [0.25, 0.3) is 0 Å². The molecule has 0 radical (unpaired) electrons. The van der Waals surface area contributed by atoms with Crippen molar-refractivity contribution < 1.29 is 13.2 Å². The predicted molar refractivity (Wildman–Crippen MR) is 140 cm³/mol. The van der Waals surface area contributed by atoms with Crippen LogP contribution in [-0.2, 0) is 21.4 Å². The lowest BCUT2D eigenvalue weighted by Crippen LogP contribution is -2.48.